The summed E-state index contributed by atoms with van der Waals surface area (Å²) in [6, 6.07) is 0. The van der Waals surface area contributed by atoms with E-state index in [1.807, 2.05) is 0 Å². The van der Waals surface area contributed by atoms with Crippen molar-refractivity contribution in [2.45, 2.75) is 24.5 Å². The molecule has 0 bridgehead atoms. The molecule has 0 radical (unpaired) electrons. The van der Waals surface area contributed by atoms with Gasteiger partial charge < -0.3 is 54.7 Å². The fourth-order valence-electron chi connectivity index (χ4n) is 2.93. The molecule has 1 saturated heterocycles. The van der Waals surface area contributed by atoms with Gasteiger partial charge in [-0.05, 0) is 0 Å². The fraction of sp³-hybridized carbons (Fsp3) is 0.545. The molecule has 186 valence electrons. The van der Waals surface area contributed by atoms with Crippen LogP contribution in [-0.2, 0) is 36.3 Å². The van der Waals surface area contributed by atoms with E-state index in [4.69, 9.17) is 20.9 Å². The molecule has 2 aromatic rings. The van der Waals surface area contributed by atoms with Crippen LogP contribution in [0, 0.1) is 0 Å². The van der Waals surface area contributed by atoms with E-state index in [-0.39, 0.29) is 98.4 Å². The second-order valence-corrected chi connectivity index (χ2v) is 10.6. The maximum atomic E-state index is 11.7. The van der Waals surface area contributed by atoms with Crippen molar-refractivity contribution in [2.75, 3.05) is 25.2 Å². The predicted octanol–water partition coefficient (Wildman–Crippen LogP) is -15.9. The molecule has 6 atom stereocenters. The van der Waals surface area contributed by atoms with Gasteiger partial charge in [-0.3, -0.25) is 18.0 Å². The quantitative estimate of drug-likeness (QED) is 0.189. The standard InChI is InChI=1S/C11H19N6O13P3.4Li/c1-26-7-6(18)4(2-27-32(22,23)30-33(24,25)29-31(19,20)21)28-10(7)17-3-14-5-8(12)15-11(13)16-9(5)17;;;;/h3-4,6-7,10,18H,2H2,1H3,(H,22,23)(H,24,25)(H2,19,20,21)(H4,12,13,15,16);;;;/q;4*+1/p-4. The van der Waals surface area contributed by atoms with Crippen LogP contribution >= 0.6 is 23.5 Å². The normalized spacial score (nSPS) is 24.5. The Morgan fingerprint density at radius 3 is 2.19 bits per heavy atom. The minimum absolute atomic E-state index is 0. The summed E-state index contributed by atoms with van der Waals surface area (Å²) in [7, 11) is -16.9. The summed E-state index contributed by atoms with van der Waals surface area (Å²) in [4.78, 5) is 55.4. The van der Waals surface area contributed by atoms with Gasteiger partial charge in [0.1, 0.15) is 23.8 Å². The van der Waals surface area contributed by atoms with Gasteiger partial charge in [-0.2, -0.15) is 9.97 Å². The molecule has 0 aromatic carbocycles. The Kier molecular flexibility index (Phi) is 16.4. The van der Waals surface area contributed by atoms with Crippen LogP contribution in [0.15, 0.2) is 6.33 Å². The van der Waals surface area contributed by atoms with Crippen molar-refractivity contribution in [1.29, 1.82) is 0 Å². The van der Waals surface area contributed by atoms with Crippen LogP contribution in [-0.4, -0.2) is 56.7 Å². The van der Waals surface area contributed by atoms with Gasteiger partial charge in [-0.1, -0.05) is 0 Å². The number of methoxy groups -OCH3 is 1. The number of rotatable bonds is 9. The molecule has 1 aliphatic rings. The summed E-state index contributed by atoms with van der Waals surface area (Å²) in [6.07, 6.45) is -4.06. The van der Waals surface area contributed by atoms with Crippen LogP contribution in [0.4, 0.5) is 11.8 Å². The zero-order valence-corrected chi connectivity index (χ0v) is 22.9. The molecule has 37 heavy (non-hydrogen) atoms. The Morgan fingerprint density at radius 2 is 1.65 bits per heavy atom. The number of nitrogens with two attached hydrogens (primary N) is 2. The number of aliphatic hydroxyl groups is 1. The molecule has 0 saturated carbocycles. The van der Waals surface area contributed by atoms with Gasteiger partial charge in [0.05, 0.1) is 20.8 Å². The Morgan fingerprint density at radius 1 is 1.05 bits per heavy atom. The summed E-state index contributed by atoms with van der Waals surface area (Å²) < 4.78 is 56.2. The molecule has 1 aliphatic heterocycles. The number of hydrogen-bond donors (Lipinski definition) is 3. The first-order valence-corrected chi connectivity index (χ1v) is 12.8. The van der Waals surface area contributed by atoms with Crippen molar-refractivity contribution in [1.82, 2.24) is 19.5 Å². The third kappa shape index (κ3) is 10.3. The molecule has 2 aromatic heterocycles. The number of anilines is 2. The van der Waals surface area contributed by atoms with Gasteiger partial charge >= 0.3 is 75.4 Å². The van der Waals surface area contributed by atoms with Crippen molar-refractivity contribution in [3.63, 3.8) is 0 Å². The molecule has 5 N–H and O–H groups in total. The number of hydrogen-bond acceptors (Lipinski definition) is 18. The maximum absolute atomic E-state index is 11.7. The van der Waals surface area contributed by atoms with E-state index < -0.39 is 54.6 Å². The first-order valence-electron chi connectivity index (χ1n) is 8.45. The zero-order chi connectivity index (χ0) is 24.8. The van der Waals surface area contributed by atoms with E-state index in [9.17, 15) is 38.4 Å². The van der Waals surface area contributed by atoms with E-state index in [1.54, 1.807) is 0 Å². The maximum Gasteiger partial charge on any atom is 1.00 e. The fourth-order valence-corrected chi connectivity index (χ4v) is 5.79. The Labute approximate surface area is 256 Å². The third-order valence-corrected chi connectivity index (χ3v) is 7.79. The van der Waals surface area contributed by atoms with Gasteiger partial charge in [-0.25, -0.2) is 9.29 Å². The van der Waals surface area contributed by atoms with Crippen molar-refractivity contribution in [3.8, 4) is 0 Å². The molecule has 26 heteroatoms. The van der Waals surface area contributed by atoms with Gasteiger partial charge in [0.25, 0.3) is 15.6 Å². The number of aromatic nitrogens is 4. The zero-order valence-electron chi connectivity index (χ0n) is 20.2. The molecule has 3 rings (SSSR count). The van der Waals surface area contributed by atoms with Crippen molar-refractivity contribution in [2.24, 2.45) is 0 Å². The van der Waals surface area contributed by atoms with Gasteiger partial charge in [0.15, 0.2) is 17.7 Å². The van der Waals surface area contributed by atoms with Crippen LogP contribution in [0.25, 0.3) is 11.2 Å². The largest absolute Gasteiger partial charge is 1.00 e. The summed E-state index contributed by atoms with van der Waals surface area (Å²) in [6.45, 7) is -1.02. The molecule has 0 spiro atoms. The summed E-state index contributed by atoms with van der Waals surface area (Å²) in [5, 5.41) is 10.4. The van der Waals surface area contributed by atoms with E-state index in [0.717, 1.165) is 0 Å². The number of imidazole rings is 1. The number of fused-ring (bicyclic) bond motifs is 1. The number of nitrogen functional groups attached to an aromatic ring is 2. The Bertz CT molecular complexity index is 1190. The first kappa shape index (κ1) is 40.0. The smallest absolute Gasteiger partial charge is 0.790 e. The number of ether oxygens (including phenoxy) is 2. The van der Waals surface area contributed by atoms with E-state index >= 15 is 0 Å². The van der Waals surface area contributed by atoms with Crippen LogP contribution in [0.3, 0.4) is 0 Å². The Balaban J connectivity index is 0. The summed E-state index contributed by atoms with van der Waals surface area (Å²) in [5.74, 6) is -0.235. The monoisotopic (exact) mass is 560 g/mol. The average Bonchev–Trinajstić information content (AvgIpc) is 3.17. The van der Waals surface area contributed by atoms with E-state index in [2.05, 4.69) is 28.1 Å². The molecule has 3 heterocycles. The number of aliphatic hydroxyl groups excluding tert-OH is 1. The number of phosphoric acid groups is 3. The van der Waals surface area contributed by atoms with Crippen LogP contribution in [0.5, 0.6) is 0 Å². The number of phosphoric ester groups is 1. The Hall–Kier alpha value is 0.830. The minimum Gasteiger partial charge on any atom is -0.790 e. The van der Waals surface area contributed by atoms with Crippen LogP contribution in [0.2, 0.25) is 0 Å². The van der Waals surface area contributed by atoms with E-state index in [0.29, 0.717) is 0 Å². The molecule has 6 unspecified atom stereocenters. The molecule has 0 aliphatic carbocycles. The molecule has 19 nitrogen and oxygen atoms in total. The van der Waals surface area contributed by atoms with Gasteiger partial charge in [0, 0.05) is 7.11 Å². The second-order valence-electron chi connectivity index (χ2n) is 6.35. The van der Waals surface area contributed by atoms with Crippen molar-refractivity contribution in [3.05, 3.63) is 6.33 Å². The average molecular weight is 560 g/mol. The van der Waals surface area contributed by atoms with Crippen molar-refractivity contribution < 1.29 is 136 Å². The summed E-state index contributed by atoms with van der Waals surface area (Å²) in [5.41, 5.74) is 11.6. The predicted molar refractivity (Wildman–Crippen MR) is 95.8 cm³/mol. The third-order valence-electron chi connectivity index (χ3n) is 4.12. The molecule has 1 fully saturated rings. The second kappa shape index (κ2) is 15.2. The SMILES string of the molecule is COC1C(O)C(COP(=O)([O-])OP(=O)([O-])OP(=O)([O-])[O-])OC1n1cnc2c(N)nc(N)nc21.[Li+].[Li+].[Li+].[Li+]. The topological polar surface area (TPSA) is 305 Å². The van der Waals surface area contributed by atoms with Crippen molar-refractivity contribution >= 4 is 46.4 Å². The molecular formula is C11H15Li4N6O13P3. The summed E-state index contributed by atoms with van der Waals surface area (Å²) >= 11 is 0. The first-order chi connectivity index (χ1) is 15.1. The van der Waals surface area contributed by atoms with Gasteiger partial charge in [-0.15, -0.1) is 0 Å². The molecule has 0 amide bonds. The van der Waals surface area contributed by atoms with Crippen LogP contribution < -0.4 is 106 Å². The van der Waals surface area contributed by atoms with Gasteiger partial charge in [0.2, 0.25) is 5.95 Å². The molecular weight excluding hydrogens is 545 g/mol. The van der Waals surface area contributed by atoms with Crippen LogP contribution in [0.1, 0.15) is 6.23 Å². The number of nitrogens with zero attached hydrogens (tertiary/aromatic N) is 4. The van der Waals surface area contributed by atoms with E-state index in [1.165, 1.54) is 18.0 Å². The minimum atomic E-state index is -6.14.